The van der Waals surface area contributed by atoms with Crippen molar-refractivity contribution >= 4 is 50.7 Å². The second kappa shape index (κ2) is 8.30. The number of hydrogen-bond acceptors (Lipinski definition) is 5. The van der Waals surface area contributed by atoms with E-state index in [1.54, 1.807) is 40.3 Å². The number of nitrogens with zero attached hydrogens (tertiary/aromatic N) is 2. The predicted molar refractivity (Wildman–Crippen MR) is 127 cm³/mol. The zero-order valence-corrected chi connectivity index (χ0v) is 19.3. The van der Waals surface area contributed by atoms with Crippen molar-refractivity contribution < 1.29 is 4.79 Å². The molecule has 31 heavy (non-hydrogen) atoms. The van der Waals surface area contributed by atoms with Gasteiger partial charge < -0.3 is 4.98 Å². The summed E-state index contributed by atoms with van der Waals surface area (Å²) in [6.07, 6.45) is 5.88. The Kier molecular flexibility index (Phi) is 5.50. The Hall–Kier alpha value is -2.35. The summed E-state index contributed by atoms with van der Waals surface area (Å²) < 4.78 is 1.61. The van der Waals surface area contributed by atoms with Gasteiger partial charge in [-0.1, -0.05) is 29.4 Å². The van der Waals surface area contributed by atoms with Crippen molar-refractivity contribution in [1.82, 2.24) is 14.5 Å². The summed E-state index contributed by atoms with van der Waals surface area (Å²) >= 11 is 9.27. The first kappa shape index (κ1) is 20.5. The van der Waals surface area contributed by atoms with E-state index < -0.39 is 0 Å². The summed E-state index contributed by atoms with van der Waals surface area (Å²) in [4.78, 5) is 36.1. The molecule has 5 nitrogen and oxygen atoms in total. The first-order valence-electron chi connectivity index (χ1n) is 10.2. The third kappa shape index (κ3) is 3.75. The summed E-state index contributed by atoms with van der Waals surface area (Å²) in [6.45, 7) is 1.93. The summed E-state index contributed by atoms with van der Waals surface area (Å²) in [5.74, 6) is 0.145. The molecular formula is C23H20ClN3O2S2. The first-order chi connectivity index (χ1) is 15.0. The lowest BCUT2D eigenvalue weighted by Gasteiger charge is -2.14. The maximum Gasteiger partial charge on any atom is 0.267 e. The molecule has 1 aromatic carbocycles. The lowest BCUT2D eigenvalue weighted by molar-refractivity contribution is 0.101. The topological polar surface area (TPSA) is 67.8 Å². The highest BCUT2D eigenvalue weighted by Crippen LogP contribution is 2.35. The van der Waals surface area contributed by atoms with Gasteiger partial charge in [0.15, 0.2) is 10.9 Å². The Morgan fingerprint density at radius 3 is 2.90 bits per heavy atom. The highest BCUT2D eigenvalue weighted by Gasteiger charge is 2.23. The summed E-state index contributed by atoms with van der Waals surface area (Å²) in [5.41, 5.74) is 3.22. The monoisotopic (exact) mass is 469 g/mol. The van der Waals surface area contributed by atoms with Gasteiger partial charge in [0.2, 0.25) is 0 Å². The van der Waals surface area contributed by atoms with Gasteiger partial charge in [-0.05, 0) is 68.0 Å². The number of thiophene rings is 1. The SMILES string of the molecule is Cc1ccc(-n2c(SCC(=O)c3ccc[nH]3)nc3sc4c(c3c2=O)CCCC4)cc1Cl. The van der Waals surface area contributed by atoms with E-state index in [1.165, 1.54) is 16.6 Å². The fourth-order valence-corrected chi connectivity index (χ4v) is 6.32. The zero-order chi connectivity index (χ0) is 21.5. The summed E-state index contributed by atoms with van der Waals surface area (Å²) in [5, 5.41) is 1.82. The van der Waals surface area contributed by atoms with Crippen LogP contribution in [0, 0.1) is 6.92 Å². The van der Waals surface area contributed by atoms with Crippen molar-refractivity contribution in [3.63, 3.8) is 0 Å². The van der Waals surface area contributed by atoms with Crippen molar-refractivity contribution in [1.29, 1.82) is 0 Å². The number of hydrogen-bond donors (Lipinski definition) is 1. The van der Waals surface area contributed by atoms with Crippen LogP contribution in [0.3, 0.4) is 0 Å². The molecule has 0 saturated heterocycles. The molecule has 8 heteroatoms. The third-order valence-corrected chi connectivity index (χ3v) is 8.13. The second-order valence-corrected chi connectivity index (χ2v) is 10.1. The van der Waals surface area contributed by atoms with Crippen LogP contribution in [0.25, 0.3) is 15.9 Å². The molecule has 0 bridgehead atoms. The van der Waals surface area contributed by atoms with Crippen LogP contribution in [-0.4, -0.2) is 26.1 Å². The normalized spacial score (nSPS) is 13.5. The van der Waals surface area contributed by atoms with Crippen molar-refractivity contribution in [2.24, 2.45) is 0 Å². The Labute approximate surface area is 192 Å². The van der Waals surface area contributed by atoms with Crippen LogP contribution in [0.4, 0.5) is 0 Å². The molecule has 0 fully saturated rings. The third-order valence-electron chi connectivity index (χ3n) is 5.60. The number of ketones is 1. The Bertz CT molecular complexity index is 1360. The second-order valence-electron chi connectivity index (χ2n) is 7.66. The van der Waals surface area contributed by atoms with Gasteiger partial charge in [0.05, 0.1) is 22.5 Å². The van der Waals surface area contributed by atoms with Crippen molar-refractivity contribution in [3.05, 3.63) is 73.6 Å². The molecule has 0 radical (unpaired) electrons. The van der Waals surface area contributed by atoms with E-state index >= 15 is 0 Å². The average molecular weight is 470 g/mol. The number of aromatic amines is 1. The number of carbonyl (C=O) groups is 1. The van der Waals surface area contributed by atoms with Crippen LogP contribution in [-0.2, 0) is 12.8 Å². The van der Waals surface area contributed by atoms with E-state index in [1.807, 2.05) is 19.1 Å². The van der Waals surface area contributed by atoms with Crippen LogP contribution < -0.4 is 5.56 Å². The molecule has 4 aromatic rings. The van der Waals surface area contributed by atoms with E-state index in [9.17, 15) is 9.59 Å². The number of aromatic nitrogens is 3. The van der Waals surface area contributed by atoms with E-state index in [0.29, 0.717) is 21.6 Å². The molecule has 0 spiro atoms. The molecule has 3 aromatic heterocycles. The largest absolute Gasteiger partial charge is 0.359 e. The number of aryl methyl sites for hydroxylation is 3. The number of Topliss-reactive ketones (excluding diaryl/α,β-unsaturated/α-hetero) is 1. The number of thioether (sulfide) groups is 1. The predicted octanol–water partition coefficient (Wildman–Crippen LogP) is 5.59. The molecule has 3 heterocycles. The van der Waals surface area contributed by atoms with Crippen molar-refractivity contribution in [2.75, 3.05) is 5.75 Å². The van der Waals surface area contributed by atoms with Gasteiger partial charge in [-0.25, -0.2) is 4.98 Å². The molecule has 5 rings (SSSR count). The summed E-state index contributed by atoms with van der Waals surface area (Å²) in [7, 11) is 0. The number of H-pyrrole nitrogens is 1. The number of rotatable bonds is 5. The highest BCUT2D eigenvalue weighted by molar-refractivity contribution is 7.99. The molecule has 0 unspecified atom stereocenters. The average Bonchev–Trinajstić information content (AvgIpc) is 3.42. The van der Waals surface area contributed by atoms with Gasteiger partial charge in [0.1, 0.15) is 4.83 Å². The Balaban J connectivity index is 1.65. The molecule has 158 valence electrons. The van der Waals surface area contributed by atoms with E-state index in [4.69, 9.17) is 16.6 Å². The van der Waals surface area contributed by atoms with Gasteiger partial charge >= 0.3 is 0 Å². The minimum atomic E-state index is -0.0841. The lowest BCUT2D eigenvalue weighted by Crippen LogP contribution is -2.22. The molecule has 1 N–H and O–H groups in total. The van der Waals surface area contributed by atoms with Gasteiger partial charge in [0, 0.05) is 16.1 Å². The van der Waals surface area contributed by atoms with Gasteiger partial charge in [-0.15, -0.1) is 11.3 Å². The number of nitrogens with one attached hydrogen (secondary N) is 1. The number of benzene rings is 1. The molecule has 1 aliphatic carbocycles. The maximum atomic E-state index is 13.7. The first-order valence-corrected chi connectivity index (χ1v) is 12.3. The fraction of sp³-hybridized carbons (Fsp3) is 0.261. The molecule has 1 aliphatic rings. The van der Waals surface area contributed by atoms with E-state index in [-0.39, 0.29) is 17.1 Å². The lowest BCUT2D eigenvalue weighted by atomic mass is 9.97. The molecule has 0 saturated carbocycles. The number of carbonyl (C=O) groups excluding carboxylic acids is 1. The van der Waals surface area contributed by atoms with Gasteiger partial charge in [-0.2, -0.15) is 0 Å². The van der Waals surface area contributed by atoms with Crippen molar-refractivity contribution in [2.45, 2.75) is 37.8 Å². The minimum absolute atomic E-state index is 0.0386. The van der Waals surface area contributed by atoms with Crippen LogP contribution >= 0.6 is 34.7 Å². The smallest absolute Gasteiger partial charge is 0.267 e. The summed E-state index contributed by atoms with van der Waals surface area (Å²) in [6, 6.07) is 9.12. The minimum Gasteiger partial charge on any atom is -0.359 e. The van der Waals surface area contributed by atoms with Crippen LogP contribution in [0.5, 0.6) is 0 Å². The fourth-order valence-electron chi connectivity index (χ4n) is 3.94. The Morgan fingerprint density at radius 1 is 1.29 bits per heavy atom. The Morgan fingerprint density at radius 2 is 2.13 bits per heavy atom. The highest BCUT2D eigenvalue weighted by atomic mass is 35.5. The van der Waals surface area contributed by atoms with Crippen LogP contribution in [0.1, 0.15) is 39.3 Å². The van der Waals surface area contributed by atoms with E-state index in [0.717, 1.165) is 47.0 Å². The molecule has 0 atom stereocenters. The molecular weight excluding hydrogens is 450 g/mol. The molecule has 0 amide bonds. The standard InChI is InChI=1S/C23H20ClN3O2S2/c1-13-8-9-14(11-16(13)24)27-22(29)20-15-5-2-3-7-19(15)31-21(20)26-23(27)30-12-18(28)17-6-4-10-25-17/h4,6,8-11,25H,2-3,5,7,12H2,1H3. The number of halogens is 1. The number of fused-ring (bicyclic) bond motifs is 3. The van der Waals surface area contributed by atoms with Crippen LogP contribution in [0.2, 0.25) is 5.02 Å². The van der Waals surface area contributed by atoms with Gasteiger partial charge in [-0.3, -0.25) is 14.2 Å². The van der Waals surface area contributed by atoms with Gasteiger partial charge in [0.25, 0.3) is 5.56 Å². The van der Waals surface area contributed by atoms with E-state index in [2.05, 4.69) is 4.98 Å². The maximum absolute atomic E-state index is 13.7. The van der Waals surface area contributed by atoms with Crippen molar-refractivity contribution in [3.8, 4) is 5.69 Å². The molecule has 0 aliphatic heterocycles. The quantitative estimate of drug-likeness (QED) is 0.235. The zero-order valence-electron chi connectivity index (χ0n) is 16.9. The van der Waals surface area contributed by atoms with Crippen LogP contribution in [0.15, 0.2) is 46.5 Å².